The Balaban J connectivity index is 0.000000195. The Morgan fingerprint density at radius 1 is 0.760 bits per heavy atom. The van der Waals surface area contributed by atoms with Gasteiger partial charge in [0.05, 0.1) is 23.3 Å². The summed E-state index contributed by atoms with van der Waals surface area (Å²) in [4.78, 5) is 29.4. The number of phenols is 1. The molecule has 0 aliphatic rings. The molecule has 2 heterocycles. The Morgan fingerprint density at radius 2 is 1.32 bits per heavy atom. The summed E-state index contributed by atoms with van der Waals surface area (Å²) in [7, 11) is 2.95. The largest absolute Gasteiger partial charge is 0.506 e. The number of ether oxygens (including phenoxy) is 1. The lowest BCUT2D eigenvalue weighted by Crippen LogP contribution is -2.14. The van der Waals surface area contributed by atoms with E-state index in [-0.39, 0.29) is 55.1 Å². The molecule has 0 saturated heterocycles. The summed E-state index contributed by atoms with van der Waals surface area (Å²) < 4.78 is 83.9. The van der Waals surface area contributed by atoms with Crippen molar-refractivity contribution in [2.75, 3.05) is 25.2 Å². The van der Waals surface area contributed by atoms with Crippen molar-refractivity contribution in [2.45, 2.75) is 12.4 Å². The van der Waals surface area contributed by atoms with Crippen LogP contribution in [0.2, 0.25) is 10.0 Å². The number of benzene rings is 4. The van der Waals surface area contributed by atoms with Crippen LogP contribution in [-0.2, 0) is 12.4 Å². The molecule has 6 aromatic rings. The number of H-pyrrole nitrogens is 2. The number of aromatic amines is 2. The molecule has 0 atom stereocenters. The van der Waals surface area contributed by atoms with E-state index in [0.29, 0.717) is 21.9 Å². The van der Waals surface area contributed by atoms with E-state index in [9.17, 15) is 41.0 Å². The number of phenolic OH excluding ortho intramolecular Hbond substituents is 1. The fourth-order valence-electron chi connectivity index (χ4n) is 5.32. The van der Waals surface area contributed by atoms with Gasteiger partial charge in [0.25, 0.3) is 11.1 Å². The van der Waals surface area contributed by atoms with Gasteiger partial charge in [-0.1, -0.05) is 29.3 Å². The highest BCUT2D eigenvalue weighted by molar-refractivity contribution is 6.32. The summed E-state index contributed by atoms with van der Waals surface area (Å²) in [5.74, 6) is 0.194. The van der Waals surface area contributed by atoms with Gasteiger partial charge in [-0.3, -0.25) is 9.59 Å². The summed E-state index contributed by atoms with van der Waals surface area (Å²) in [5, 5.41) is 13.0. The molecule has 50 heavy (non-hydrogen) atoms. The van der Waals surface area contributed by atoms with Crippen molar-refractivity contribution in [3.8, 4) is 33.8 Å². The van der Waals surface area contributed by atoms with Crippen LogP contribution in [-0.4, -0.2) is 29.2 Å². The third-order valence-corrected chi connectivity index (χ3v) is 8.17. The van der Waals surface area contributed by atoms with E-state index in [0.717, 1.165) is 24.3 Å². The summed E-state index contributed by atoms with van der Waals surface area (Å²) in [6, 6.07) is 14.9. The van der Waals surface area contributed by atoms with Crippen LogP contribution < -0.4 is 26.9 Å². The lowest BCUT2D eigenvalue weighted by Gasteiger charge is -2.17. The molecule has 16 heteroatoms. The second-order valence-corrected chi connectivity index (χ2v) is 11.6. The first kappa shape index (κ1) is 36.0. The monoisotopic (exact) mass is 736 g/mol. The molecule has 0 spiro atoms. The number of rotatable bonds is 4. The van der Waals surface area contributed by atoms with Gasteiger partial charge in [0.2, 0.25) is 0 Å². The maximum Gasteiger partial charge on any atom is 0.416 e. The van der Waals surface area contributed by atoms with Gasteiger partial charge in [-0.25, -0.2) is 0 Å². The number of methoxy groups -OCH3 is 1. The van der Waals surface area contributed by atoms with Crippen molar-refractivity contribution >= 4 is 56.4 Å². The minimum atomic E-state index is -4.54. The lowest BCUT2D eigenvalue weighted by atomic mass is 9.97. The van der Waals surface area contributed by atoms with E-state index in [1.165, 1.54) is 44.5 Å². The van der Waals surface area contributed by atoms with Crippen LogP contribution in [0.1, 0.15) is 11.1 Å². The molecule has 8 nitrogen and oxygen atoms in total. The molecule has 0 bridgehead atoms. The molecule has 0 unspecified atom stereocenters. The van der Waals surface area contributed by atoms with Gasteiger partial charge in [-0.05, 0) is 72.3 Å². The maximum atomic E-state index is 13.2. The maximum absolute atomic E-state index is 13.2. The zero-order valence-electron chi connectivity index (χ0n) is 25.7. The molecule has 0 aliphatic heterocycles. The third kappa shape index (κ3) is 7.03. The molecule has 6 N–H and O–H groups in total. The topological polar surface area (TPSA) is 133 Å². The average Bonchev–Trinajstić information content (AvgIpc) is 3.05. The second-order valence-electron chi connectivity index (χ2n) is 10.7. The zero-order valence-corrected chi connectivity index (χ0v) is 27.2. The van der Waals surface area contributed by atoms with Crippen LogP contribution in [0, 0.1) is 0 Å². The van der Waals surface area contributed by atoms with E-state index in [1.807, 2.05) is 0 Å². The van der Waals surface area contributed by atoms with Gasteiger partial charge < -0.3 is 30.9 Å². The molecule has 6 rings (SSSR count). The van der Waals surface area contributed by atoms with Gasteiger partial charge in [0.1, 0.15) is 22.9 Å². The molecule has 0 amide bonds. The standard InChI is InChI=1S/C18H14ClF3N2O2.C16H10ClF3N2O2/c1-23-16-15(12-8-10(19)4-6-14(12)26-2)11-7-9(18(20,21)22)3-5-13(11)24-17(16)25;17-10-5-7(1-4-12(10)23)13-9-6-8(16(18,19)20)2-3-11(9)22-15(24)14(13)21/h3-8,23H,1-2H3,(H,24,25);1-6,23H,21H2,(H,22,24). The highest BCUT2D eigenvalue weighted by Crippen LogP contribution is 2.42. The van der Waals surface area contributed by atoms with Crippen LogP contribution in [0.5, 0.6) is 11.5 Å². The number of halogens is 8. The molecular formula is C34H24Cl2F6N4O4. The van der Waals surface area contributed by atoms with Gasteiger partial charge in [0.15, 0.2) is 0 Å². The predicted octanol–water partition coefficient (Wildman–Crippen LogP) is 9.07. The van der Waals surface area contributed by atoms with Crippen molar-refractivity contribution in [1.29, 1.82) is 0 Å². The van der Waals surface area contributed by atoms with Crippen LogP contribution in [0.3, 0.4) is 0 Å². The normalized spacial score (nSPS) is 11.7. The Kier molecular flexibility index (Phi) is 9.72. The number of hydrogen-bond donors (Lipinski definition) is 5. The van der Waals surface area contributed by atoms with Gasteiger partial charge in [-0.2, -0.15) is 26.3 Å². The third-order valence-electron chi connectivity index (χ3n) is 7.64. The number of fused-ring (bicyclic) bond motifs is 2. The fourth-order valence-corrected chi connectivity index (χ4v) is 5.67. The number of hydrogen-bond acceptors (Lipinski definition) is 6. The highest BCUT2D eigenvalue weighted by atomic mass is 35.5. The first-order valence-corrected chi connectivity index (χ1v) is 15.0. The molecule has 0 radical (unpaired) electrons. The minimum absolute atomic E-state index is 0.00712. The van der Waals surface area contributed by atoms with Crippen molar-refractivity contribution in [2.24, 2.45) is 0 Å². The molecule has 0 saturated carbocycles. The number of pyridine rings is 2. The van der Waals surface area contributed by atoms with Crippen molar-refractivity contribution in [1.82, 2.24) is 9.97 Å². The number of nitrogens with two attached hydrogens (primary N) is 1. The van der Waals surface area contributed by atoms with E-state index < -0.39 is 34.6 Å². The first-order valence-electron chi connectivity index (χ1n) is 14.2. The Labute approximate surface area is 288 Å². The Hall–Kier alpha value is -5.34. The highest BCUT2D eigenvalue weighted by Gasteiger charge is 2.32. The molecule has 260 valence electrons. The molecular weight excluding hydrogens is 713 g/mol. The average molecular weight is 737 g/mol. The number of anilines is 2. The van der Waals surface area contributed by atoms with Crippen molar-refractivity contribution in [3.05, 3.63) is 115 Å². The Bertz CT molecular complexity index is 2390. The van der Waals surface area contributed by atoms with Gasteiger partial charge in [-0.15, -0.1) is 0 Å². The molecule has 0 aliphatic carbocycles. The number of aromatic hydroxyl groups is 1. The Morgan fingerprint density at radius 3 is 1.84 bits per heavy atom. The van der Waals surface area contributed by atoms with Crippen LogP contribution in [0.25, 0.3) is 44.1 Å². The first-order chi connectivity index (χ1) is 23.4. The summed E-state index contributed by atoms with van der Waals surface area (Å²) in [6.45, 7) is 0. The summed E-state index contributed by atoms with van der Waals surface area (Å²) in [6.07, 6.45) is -9.05. The van der Waals surface area contributed by atoms with Crippen molar-refractivity contribution in [3.63, 3.8) is 0 Å². The van der Waals surface area contributed by atoms with Crippen LogP contribution in [0.15, 0.2) is 82.4 Å². The minimum Gasteiger partial charge on any atom is -0.506 e. The second kappa shape index (κ2) is 13.5. The number of aromatic nitrogens is 2. The fraction of sp³-hybridized carbons (Fsp3) is 0.118. The van der Waals surface area contributed by atoms with Crippen LogP contribution >= 0.6 is 23.2 Å². The summed E-state index contributed by atoms with van der Waals surface area (Å²) >= 11 is 11.9. The van der Waals surface area contributed by atoms with E-state index in [4.69, 9.17) is 33.7 Å². The van der Waals surface area contributed by atoms with Gasteiger partial charge >= 0.3 is 12.4 Å². The number of nitrogens with one attached hydrogen (secondary N) is 3. The zero-order chi connectivity index (χ0) is 36.7. The van der Waals surface area contributed by atoms with Crippen molar-refractivity contribution < 1.29 is 36.2 Å². The predicted molar refractivity (Wildman–Crippen MR) is 182 cm³/mol. The van der Waals surface area contributed by atoms with Crippen LogP contribution in [0.4, 0.5) is 37.7 Å². The molecule has 2 aromatic heterocycles. The smallest absolute Gasteiger partial charge is 0.416 e. The molecule has 4 aromatic carbocycles. The van der Waals surface area contributed by atoms with E-state index in [1.54, 1.807) is 18.2 Å². The quantitative estimate of drug-likeness (QED) is 0.115. The van der Waals surface area contributed by atoms with E-state index in [2.05, 4.69) is 15.3 Å². The lowest BCUT2D eigenvalue weighted by molar-refractivity contribution is -0.138. The van der Waals surface area contributed by atoms with Gasteiger partial charge in [0, 0.05) is 50.6 Å². The van der Waals surface area contributed by atoms with E-state index >= 15 is 0 Å². The number of nitrogen functional groups attached to an aromatic ring is 1. The summed E-state index contributed by atoms with van der Waals surface area (Å²) in [5.41, 5.74) is 4.56. The SMILES string of the molecule is CNc1c(-c2cc(Cl)ccc2OC)c2cc(C(F)(F)F)ccc2[nH]c1=O.Nc1c(-c2ccc(O)c(Cl)c2)c2cc(C(F)(F)F)ccc2[nH]c1=O. The number of alkyl halides is 6. The molecule has 0 fully saturated rings.